The maximum absolute atomic E-state index is 2.66. The molecule has 0 bridgehead atoms. The molecule has 0 fully saturated rings. The molecule has 0 nitrogen and oxygen atoms in total. The van der Waals surface area contributed by atoms with Crippen LogP contribution in [0.25, 0.3) is 0 Å². The minimum atomic E-state index is -1.57. The van der Waals surface area contributed by atoms with Gasteiger partial charge in [0.05, 0.1) is 0 Å². The van der Waals surface area contributed by atoms with E-state index >= 15 is 0 Å². The molecule has 0 N–H and O–H groups in total. The minimum Gasteiger partial charge on any atom is -1.00 e. The topological polar surface area (TPSA) is 0 Å². The van der Waals surface area contributed by atoms with E-state index in [1.54, 1.807) is 22.3 Å². The van der Waals surface area contributed by atoms with Gasteiger partial charge in [-0.3, -0.25) is 0 Å². The Hall–Kier alpha value is 0.966. The standard InChI is InChI=1S/2C8H11.C2H7Ge.2ClH.Zr/c2*1-6-4-7(2)8(3)5-6;1-3-2;;;/h2*4,6H,1-3H3;3H,1-2H3;2*1H;/q;;;;;+2/p-2. The summed E-state index contributed by atoms with van der Waals surface area (Å²) in [5.74, 6) is 6.77. The Morgan fingerprint density at radius 3 is 1.27 bits per heavy atom. The molecule has 0 aromatic heterocycles. The summed E-state index contributed by atoms with van der Waals surface area (Å²) in [4.78, 5) is 0. The SMILES string of the molecule is CC1=CC(C)[C]([Zr+2]([C]2=C(C)C(C)=CC2C)[GeH]([CH3])[CH3])=C1C.[Cl-].[Cl-]. The van der Waals surface area contributed by atoms with Crippen LogP contribution < -0.4 is 24.8 Å². The normalized spacial score (nSPS) is 24.2. The summed E-state index contributed by atoms with van der Waals surface area (Å²) in [7, 11) is -1.09. The zero-order valence-corrected chi connectivity index (χ0v) is 21.5. The summed E-state index contributed by atoms with van der Waals surface area (Å²) in [6.07, 6.45) is 5.04. The molecule has 2 aliphatic rings. The fourth-order valence-corrected chi connectivity index (χ4v) is 40.8. The summed E-state index contributed by atoms with van der Waals surface area (Å²) < 4.78 is 3.90. The van der Waals surface area contributed by atoms with Gasteiger partial charge in [0, 0.05) is 0 Å². The van der Waals surface area contributed by atoms with Crippen molar-refractivity contribution in [3.63, 3.8) is 0 Å². The molecule has 0 aromatic rings. The second-order valence-corrected chi connectivity index (χ2v) is 38.4. The van der Waals surface area contributed by atoms with Gasteiger partial charge in [0.2, 0.25) is 0 Å². The Balaban J connectivity index is 0.00000220. The van der Waals surface area contributed by atoms with Crippen molar-refractivity contribution in [2.24, 2.45) is 11.8 Å². The maximum atomic E-state index is 2.66. The molecule has 0 saturated carbocycles. The van der Waals surface area contributed by atoms with Gasteiger partial charge >= 0.3 is 136 Å². The van der Waals surface area contributed by atoms with Crippen molar-refractivity contribution < 1.29 is 44.1 Å². The van der Waals surface area contributed by atoms with Crippen LogP contribution in [0.2, 0.25) is 11.5 Å². The number of hydrogen-bond donors (Lipinski definition) is 0. The van der Waals surface area contributed by atoms with Gasteiger partial charge in [-0.2, -0.15) is 0 Å². The predicted molar refractivity (Wildman–Crippen MR) is 90.1 cm³/mol. The van der Waals surface area contributed by atoms with E-state index in [0.29, 0.717) is 0 Å². The Morgan fingerprint density at radius 2 is 1.09 bits per heavy atom. The zero-order chi connectivity index (χ0) is 15.2. The van der Waals surface area contributed by atoms with E-state index in [9.17, 15) is 0 Å². The third-order valence-electron chi connectivity index (χ3n) is 5.06. The fraction of sp³-hybridized carbons (Fsp3) is 0.556. The summed E-state index contributed by atoms with van der Waals surface area (Å²) in [6.45, 7) is 14.3. The van der Waals surface area contributed by atoms with Gasteiger partial charge in [-0.25, -0.2) is 0 Å². The number of allylic oxidation sites excluding steroid dienone is 8. The van der Waals surface area contributed by atoms with Gasteiger partial charge in [0.25, 0.3) is 0 Å². The van der Waals surface area contributed by atoms with Crippen LogP contribution in [-0.2, 0) is 19.2 Å². The molecular formula is C18H29Cl2GeZr. The molecular weight excluding hydrogens is 451 g/mol. The average molecular weight is 480 g/mol. The van der Waals surface area contributed by atoms with Gasteiger partial charge in [0.1, 0.15) is 0 Å². The molecule has 2 aliphatic carbocycles. The van der Waals surface area contributed by atoms with Crippen molar-refractivity contribution in [2.75, 3.05) is 0 Å². The Bertz CT molecular complexity index is 509. The summed E-state index contributed by atoms with van der Waals surface area (Å²) in [5, 5.41) is 0. The molecule has 0 aromatic carbocycles. The Kier molecular flexibility index (Phi) is 9.27. The van der Waals surface area contributed by atoms with Crippen molar-refractivity contribution >= 4 is 10.6 Å². The van der Waals surface area contributed by atoms with Crippen LogP contribution in [0.4, 0.5) is 0 Å². The minimum absolute atomic E-state index is 0. The van der Waals surface area contributed by atoms with E-state index in [0.717, 1.165) is 11.8 Å². The van der Waals surface area contributed by atoms with Crippen LogP contribution in [0.3, 0.4) is 0 Å². The van der Waals surface area contributed by atoms with E-state index < -0.39 is 29.8 Å². The van der Waals surface area contributed by atoms with Crippen LogP contribution in [0.1, 0.15) is 41.5 Å². The first-order chi connectivity index (χ1) is 9.25. The second-order valence-electron chi connectivity index (χ2n) is 6.92. The van der Waals surface area contributed by atoms with E-state index in [-0.39, 0.29) is 24.8 Å². The van der Waals surface area contributed by atoms with Crippen LogP contribution in [-0.4, -0.2) is 10.6 Å². The molecule has 2 atom stereocenters. The molecule has 123 valence electrons. The first kappa shape index (κ1) is 23.0. The molecule has 0 spiro atoms. The molecule has 0 amide bonds. The van der Waals surface area contributed by atoms with Gasteiger partial charge in [-0.05, 0) is 0 Å². The van der Waals surface area contributed by atoms with Crippen molar-refractivity contribution in [1.82, 2.24) is 0 Å². The number of hydrogen-bond acceptors (Lipinski definition) is 0. The zero-order valence-electron chi connectivity index (χ0n) is 15.1. The summed E-state index contributed by atoms with van der Waals surface area (Å²) >= 11 is -1.57. The maximum Gasteiger partial charge on any atom is -1.00 e. The van der Waals surface area contributed by atoms with E-state index in [1.807, 2.05) is 6.56 Å². The molecule has 0 heterocycles. The van der Waals surface area contributed by atoms with Gasteiger partial charge in [-0.1, -0.05) is 0 Å². The molecule has 0 saturated heterocycles. The third-order valence-corrected chi connectivity index (χ3v) is 36.9. The predicted octanol–water partition coefficient (Wildman–Crippen LogP) is -0.664. The van der Waals surface area contributed by atoms with Crippen LogP contribution in [0.5, 0.6) is 0 Å². The van der Waals surface area contributed by atoms with Crippen molar-refractivity contribution in [3.8, 4) is 0 Å². The van der Waals surface area contributed by atoms with Gasteiger partial charge < -0.3 is 24.8 Å². The molecule has 2 unspecified atom stereocenters. The smallest absolute Gasteiger partial charge is 1.00 e. The van der Waals surface area contributed by atoms with Crippen LogP contribution in [0, 0.1) is 11.8 Å². The molecule has 22 heavy (non-hydrogen) atoms. The Labute approximate surface area is 159 Å². The monoisotopic (exact) mass is 479 g/mol. The first-order valence-corrected chi connectivity index (χ1v) is 23.8. The number of halogens is 2. The molecule has 2 rings (SSSR count). The third kappa shape index (κ3) is 4.13. The second kappa shape index (κ2) is 8.88. The van der Waals surface area contributed by atoms with Crippen LogP contribution in [0.15, 0.2) is 41.0 Å². The molecule has 4 heteroatoms. The Morgan fingerprint density at radius 1 is 0.773 bits per heavy atom. The largest absolute Gasteiger partial charge is 1.00 e. The van der Waals surface area contributed by atoms with Crippen molar-refractivity contribution in [2.45, 2.75) is 53.1 Å². The number of rotatable bonds is 3. The van der Waals surface area contributed by atoms with Crippen molar-refractivity contribution in [3.05, 3.63) is 41.0 Å². The first-order valence-electron chi connectivity index (χ1n) is 7.92. The van der Waals surface area contributed by atoms with Crippen LogP contribution >= 0.6 is 0 Å². The van der Waals surface area contributed by atoms with E-state index in [1.165, 1.54) is 0 Å². The average Bonchev–Trinajstić information content (AvgIpc) is 2.72. The molecule has 0 aliphatic heterocycles. The van der Waals surface area contributed by atoms with E-state index in [2.05, 4.69) is 65.2 Å². The summed E-state index contributed by atoms with van der Waals surface area (Å²) in [6, 6.07) is 0. The summed E-state index contributed by atoms with van der Waals surface area (Å²) in [5.41, 5.74) is 6.45. The van der Waals surface area contributed by atoms with Gasteiger partial charge in [-0.15, -0.1) is 0 Å². The fourth-order valence-electron chi connectivity index (χ4n) is 3.94. The van der Waals surface area contributed by atoms with Gasteiger partial charge in [0.15, 0.2) is 0 Å². The quantitative estimate of drug-likeness (QED) is 0.471. The molecule has 0 radical (unpaired) electrons. The van der Waals surface area contributed by atoms with Crippen molar-refractivity contribution in [1.29, 1.82) is 0 Å². The van der Waals surface area contributed by atoms with E-state index in [4.69, 9.17) is 0 Å².